The Bertz CT molecular complexity index is 871. The zero-order valence-corrected chi connectivity index (χ0v) is 16.2. The molecule has 0 radical (unpaired) electrons. The lowest BCUT2D eigenvalue weighted by Crippen LogP contribution is -2.40. The van der Waals surface area contributed by atoms with E-state index < -0.39 is 10.0 Å². The first-order valence-corrected chi connectivity index (χ1v) is 10.7. The van der Waals surface area contributed by atoms with Gasteiger partial charge in [0.1, 0.15) is 4.21 Å². The van der Waals surface area contributed by atoms with Gasteiger partial charge in [-0.15, -0.1) is 11.3 Å². The van der Waals surface area contributed by atoms with Crippen molar-refractivity contribution in [1.82, 2.24) is 9.62 Å². The van der Waals surface area contributed by atoms with Crippen LogP contribution in [0.3, 0.4) is 0 Å². The first-order chi connectivity index (χ1) is 12.5. The lowest BCUT2D eigenvalue weighted by molar-refractivity contribution is -0.120. The van der Waals surface area contributed by atoms with Crippen LogP contribution in [0.5, 0.6) is 0 Å². The third-order valence-electron chi connectivity index (χ3n) is 4.27. The van der Waals surface area contributed by atoms with Crippen LogP contribution in [0.15, 0.2) is 40.6 Å². The van der Waals surface area contributed by atoms with E-state index in [4.69, 9.17) is 4.74 Å². The SMILES string of the molecule is Cc1ccccc1CC(=O)NCc1ccc(S(=O)(=O)N2CCOCC2)s1. The summed E-state index contributed by atoms with van der Waals surface area (Å²) in [5.74, 6) is -0.0784. The lowest BCUT2D eigenvalue weighted by Gasteiger charge is -2.25. The van der Waals surface area contributed by atoms with Gasteiger partial charge in [0.2, 0.25) is 5.91 Å². The Kier molecular flexibility index (Phi) is 6.08. The molecule has 3 rings (SSSR count). The minimum atomic E-state index is -3.47. The van der Waals surface area contributed by atoms with Gasteiger partial charge in [-0.1, -0.05) is 24.3 Å². The summed E-state index contributed by atoms with van der Waals surface area (Å²) in [4.78, 5) is 13.0. The van der Waals surface area contributed by atoms with Gasteiger partial charge in [0, 0.05) is 18.0 Å². The van der Waals surface area contributed by atoms with Crippen LogP contribution in [-0.2, 0) is 32.5 Å². The highest BCUT2D eigenvalue weighted by atomic mass is 32.2. The summed E-state index contributed by atoms with van der Waals surface area (Å²) in [6.07, 6.45) is 0.316. The standard InChI is InChI=1S/C18H22N2O4S2/c1-14-4-2-3-5-15(14)12-17(21)19-13-16-6-7-18(25-16)26(22,23)20-8-10-24-11-9-20/h2-7H,8-13H2,1H3,(H,19,21). The van der Waals surface area contributed by atoms with Crippen LogP contribution in [0.2, 0.25) is 0 Å². The monoisotopic (exact) mass is 394 g/mol. The van der Waals surface area contributed by atoms with Crippen molar-refractivity contribution in [2.45, 2.75) is 24.1 Å². The number of aryl methyl sites for hydroxylation is 1. The molecule has 1 fully saturated rings. The van der Waals surface area contributed by atoms with Gasteiger partial charge < -0.3 is 10.1 Å². The van der Waals surface area contributed by atoms with Gasteiger partial charge in [0.15, 0.2) is 0 Å². The Labute approximate surface area is 157 Å². The molecule has 1 aliphatic heterocycles. The van der Waals surface area contributed by atoms with E-state index in [0.717, 1.165) is 16.0 Å². The van der Waals surface area contributed by atoms with Crippen molar-refractivity contribution in [2.75, 3.05) is 26.3 Å². The van der Waals surface area contributed by atoms with Crippen molar-refractivity contribution in [3.8, 4) is 0 Å². The summed E-state index contributed by atoms with van der Waals surface area (Å²) in [6, 6.07) is 11.1. The predicted molar refractivity (Wildman–Crippen MR) is 101 cm³/mol. The Morgan fingerprint density at radius 1 is 1.19 bits per heavy atom. The molecule has 0 atom stereocenters. The molecule has 1 saturated heterocycles. The first-order valence-electron chi connectivity index (χ1n) is 8.44. The second-order valence-electron chi connectivity index (χ2n) is 6.12. The number of hydrogen-bond donors (Lipinski definition) is 1. The molecular formula is C18H22N2O4S2. The molecule has 6 nitrogen and oxygen atoms in total. The second kappa shape index (κ2) is 8.30. The number of carbonyl (C=O) groups excluding carboxylic acids is 1. The number of rotatable bonds is 6. The Morgan fingerprint density at radius 3 is 2.65 bits per heavy atom. The molecule has 0 spiro atoms. The Morgan fingerprint density at radius 2 is 1.92 bits per heavy atom. The Hall–Kier alpha value is -1.74. The van der Waals surface area contributed by atoms with Crippen LogP contribution >= 0.6 is 11.3 Å². The number of nitrogens with one attached hydrogen (secondary N) is 1. The van der Waals surface area contributed by atoms with E-state index in [1.165, 1.54) is 15.6 Å². The third-order valence-corrected chi connectivity index (χ3v) is 7.72. The lowest BCUT2D eigenvalue weighted by atomic mass is 10.1. The van der Waals surface area contributed by atoms with E-state index in [9.17, 15) is 13.2 Å². The maximum Gasteiger partial charge on any atom is 0.252 e. The molecule has 2 aromatic rings. The molecule has 1 aromatic heterocycles. The number of benzene rings is 1. The van der Waals surface area contributed by atoms with Gasteiger partial charge in [-0.25, -0.2) is 8.42 Å². The number of ether oxygens (including phenoxy) is 1. The highest BCUT2D eigenvalue weighted by molar-refractivity contribution is 7.91. The quantitative estimate of drug-likeness (QED) is 0.812. The van der Waals surface area contributed by atoms with Gasteiger partial charge in [0.25, 0.3) is 10.0 Å². The topological polar surface area (TPSA) is 75.7 Å². The third kappa shape index (κ3) is 4.50. The van der Waals surface area contributed by atoms with Gasteiger partial charge in [0.05, 0.1) is 26.2 Å². The largest absolute Gasteiger partial charge is 0.379 e. The number of nitrogens with zero attached hydrogens (tertiary/aromatic N) is 1. The molecular weight excluding hydrogens is 372 g/mol. The van der Waals surface area contributed by atoms with E-state index in [2.05, 4.69) is 5.32 Å². The average molecular weight is 395 g/mol. The van der Waals surface area contributed by atoms with E-state index in [0.29, 0.717) is 43.5 Å². The number of amides is 1. The summed E-state index contributed by atoms with van der Waals surface area (Å²) in [5, 5.41) is 2.86. The van der Waals surface area contributed by atoms with Crippen LogP contribution in [0.4, 0.5) is 0 Å². The molecule has 1 aliphatic rings. The van der Waals surface area contributed by atoms with Gasteiger partial charge in [-0.05, 0) is 30.2 Å². The molecule has 0 unspecified atom stereocenters. The highest BCUT2D eigenvalue weighted by Crippen LogP contribution is 2.25. The van der Waals surface area contributed by atoms with Gasteiger partial charge >= 0.3 is 0 Å². The van der Waals surface area contributed by atoms with E-state index >= 15 is 0 Å². The van der Waals surface area contributed by atoms with E-state index in [-0.39, 0.29) is 5.91 Å². The van der Waals surface area contributed by atoms with Crippen molar-refractivity contribution in [3.05, 3.63) is 52.4 Å². The molecule has 1 aromatic carbocycles. The highest BCUT2D eigenvalue weighted by Gasteiger charge is 2.27. The molecule has 0 bridgehead atoms. The minimum absolute atomic E-state index is 0.0784. The van der Waals surface area contributed by atoms with Crippen LogP contribution in [0.25, 0.3) is 0 Å². The van der Waals surface area contributed by atoms with Crippen molar-refractivity contribution >= 4 is 27.3 Å². The summed E-state index contributed by atoms with van der Waals surface area (Å²) < 4.78 is 32.2. The van der Waals surface area contributed by atoms with Crippen LogP contribution in [0, 0.1) is 6.92 Å². The fourth-order valence-corrected chi connectivity index (χ4v) is 5.59. The second-order valence-corrected chi connectivity index (χ2v) is 9.45. The maximum absolute atomic E-state index is 12.6. The van der Waals surface area contributed by atoms with Crippen LogP contribution in [0.1, 0.15) is 16.0 Å². The molecule has 0 aliphatic carbocycles. The summed E-state index contributed by atoms with van der Waals surface area (Å²) in [5.41, 5.74) is 2.07. The minimum Gasteiger partial charge on any atom is -0.379 e. The van der Waals surface area contributed by atoms with Crippen molar-refractivity contribution in [2.24, 2.45) is 0 Å². The predicted octanol–water partition coefficient (Wildman–Crippen LogP) is 1.94. The normalized spacial score (nSPS) is 15.7. The van der Waals surface area contributed by atoms with E-state index in [1.807, 2.05) is 31.2 Å². The molecule has 0 saturated carbocycles. The smallest absolute Gasteiger partial charge is 0.252 e. The summed E-state index contributed by atoms with van der Waals surface area (Å²) in [7, 11) is -3.47. The van der Waals surface area contributed by atoms with Crippen LogP contribution < -0.4 is 5.32 Å². The van der Waals surface area contributed by atoms with Crippen molar-refractivity contribution < 1.29 is 17.9 Å². The molecule has 8 heteroatoms. The number of carbonyl (C=O) groups is 1. The number of morpholine rings is 1. The fourth-order valence-electron chi connectivity index (χ4n) is 2.74. The zero-order chi connectivity index (χ0) is 18.6. The summed E-state index contributed by atoms with van der Waals surface area (Å²) >= 11 is 1.20. The zero-order valence-electron chi connectivity index (χ0n) is 14.6. The molecule has 1 N–H and O–H groups in total. The molecule has 1 amide bonds. The van der Waals surface area contributed by atoms with Gasteiger partial charge in [-0.3, -0.25) is 4.79 Å². The fraction of sp³-hybridized carbons (Fsp3) is 0.389. The van der Waals surface area contributed by atoms with Crippen molar-refractivity contribution in [3.63, 3.8) is 0 Å². The maximum atomic E-state index is 12.6. The van der Waals surface area contributed by atoms with E-state index in [1.54, 1.807) is 12.1 Å². The number of sulfonamides is 1. The molecule has 2 heterocycles. The van der Waals surface area contributed by atoms with Gasteiger partial charge in [-0.2, -0.15) is 4.31 Å². The first kappa shape index (κ1) is 19.0. The Balaban J connectivity index is 1.58. The number of hydrogen-bond acceptors (Lipinski definition) is 5. The summed E-state index contributed by atoms with van der Waals surface area (Å²) in [6.45, 7) is 3.91. The van der Waals surface area contributed by atoms with Crippen molar-refractivity contribution in [1.29, 1.82) is 0 Å². The molecule has 26 heavy (non-hydrogen) atoms. The van der Waals surface area contributed by atoms with Crippen LogP contribution in [-0.4, -0.2) is 44.9 Å². The average Bonchev–Trinajstić information content (AvgIpc) is 3.13. The number of thiophene rings is 1. The molecule has 140 valence electrons.